The number of aryl methyl sites for hydroxylation is 1. The van der Waals surface area contributed by atoms with E-state index in [0.717, 1.165) is 16.5 Å². The Kier molecular flexibility index (Phi) is 3.77. The Hall–Kier alpha value is -1.82. The van der Waals surface area contributed by atoms with Crippen molar-refractivity contribution in [3.8, 4) is 0 Å². The predicted molar refractivity (Wildman–Crippen MR) is 64.6 cm³/mol. The van der Waals surface area contributed by atoms with Gasteiger partial charge in [0.2, 0.25) is 0 Å². The third-order valence-electron chi connectivity index (χ3n) is 2.10. The highest BCUT2D eigenvalue weighted by Gasteiger charge is 2.03. The first-order valence-corrected chi connectivity index (χ1v) is 6.07. The lowest BCUT2D eigenvalue weighted by Crippen LogP contribution is -2.34. The molecule has 2 aromatic rings. The number of furan rings is 1. The molecule has 0 spiro atoms. The van der Waals surface area contributed by atoms with Gasteiger partial charge in [0.15, 0.2) is 0 Å². The van der Waals surface area contributed by atoms with Gasteiger partial charge in [0.25, 0.3) is 0 Å². The molecule has 2 amide bonds. The van der Waals surface area contributed by atoms with Crippen LogP contribution in [0.1, 0.15) is 16.5 Å². The normalized spacial score (nSPS) is 10.2. The summed E-state index contributed by atoms with van der Waals surface area (Å²) < 4.78 is 5.10. The summed E-state index contributed by atoms with van der Waals surface area (Å²) in [7, 11) is 0. The number of carbonyl (C=O) groups is 1. The van der Waals surface area contributed by atoms with E-state index in [1.165, 1.54) is 0 Å². The quantitative estimate of drug-likeness (QED) is 0.873. The van der Waals surface area contributed by atoms with E-state index in [4.69, 9.17) is 4.42 Å². The van der Waals surface area contributed by atoms with E-state index >= 15 is 0 Å². The molecule has 0 aliphatic rings. The Labute approximate surface area is 103 Å². The summed E-state index contributed by atoms with van der Waals surface area (Å²) in [5.41, 5.74) is 0.876. The number of thiazole rings is 1. The molecular weight excluding hydrogens is 238 g/mol. The van der Waals surface area contributed by atoms with Crippen LogP contribution in [0, 0.1) is 6.92 Å². The van der Waals surface area contributed by atoms with Crippen LogP contribution in [0.3, 0.4) is 0 Å². The van der Waals surface area contributed by atoms with Gasteiger partial charge in [-0.05, 0) is 19.1 Å². The molecular formula is C11H13N3O2S. The molecule has 0 saturated carbocycles. The molecule has 0 aromatic carbocycles. The molecule has 5 nitrogen and oxygen atoms in total. The maximum atomic E-state index is 11.4. The number of aromatic nitrogens is 1. The first-order valence-electron chi connectivity index (χ1n) is 5.19. The number of nitrogens with one attached hydrogen (secondary N) is 2. The van der Waals surface area contributed by atoms with Crippen molar-refractivity contribution >= 4 is 17.4 Å². The Balaban J connectivity index is 1.71. The SMILES string of the molecule is Cc1nc(CNC(=O)NCc2ccco2)cs1. The molecule has 0 unspecified atom stereocenters. The van der Waals surface area contributed by atoms with E-state index < -0.39 is 0 Å². The molecule has 17 heavy (non-hydrogen) atoms. The third kappa shape index (κ3) is 3.60. The molecule has 2 N–H and O–H groups in total. The van der Waals surface area contributed by atoms with Crippen molar-refractivity contribution in [3.63, 3.8) is 0 Å². The van der Waals surface area contributed by atoms with Crippen molar-refractivity contribution in [1.29, 1.82) is 0 Å². The minimum atomic E-state index is -0.230. The van der Waals surface area contributed by atoms with Gasteiger partial charge in [0, 0.05) is 5.38 Å². The Morgan fingerprint density at radius 1 is 1.47 bits per heavy atom. The summed E-state index contributed by atoms with van der Waals surface area (Å²) in [6.45, 7) is 2.76. The fourth-order valence-electron chi connectivity index (χ4n) is 1.30. The summed E-state index contributed by atoms with van der Waals surface area (Å²) >= 11 is 1.57. The fourth-order valence-corrected chi connectivity index (χ4v) is 1.92. The number of hydrogen-bond donors (Lipinski definition) is 2. The van der Waals surface area contributed by atoms with Gasteiger partial charge in [-0.1, -0.05) is 0 Å². The van der Waals surface area contributed by atoms with Gasteiger partial charge in [0.1, 0.15) is 5.76 Å². The van der Waals surface area contributed by atoms with Crippen LogP contribution in [0.2, 0.25) is 0 Å². The van der Waals surface area contributed by atoms with Crippen molar-refractivity contribution in [3.05, 3.63) is 40.2 Å². The van der Waals surface area contributed by atoms with Gasteiger partial charge >= 0.3 is 6.03 Å². The average molecular weight is 251 g/mol. The molecule has 0 saturated heterocycles. The standard InChI is InChI=1S/C11H13N3O2S/c1-8-14-9(7-17-8)5-12-11(15)13-6-10-3-2-4-16-10/h2-4,7H,5-6H2,1H3,(H2,12,13,15). The zero-order chi connectivity index (χ0) is 12.1. The van der Waals surface area contributed by atoms with E-state index in [1.54, 1.807) is 23.7 Å². The molecule has 0 bridgehead atoms. The zero-order valence-electron chi connectivity index (χ0n) is 9.40. The molecule has 2 aromatic heterocycles. The molecule has 0 atom stereocenters. The smallest absolute Gasteiger partial charge is 0.315 e. The summed E-state index contributed by atoms with van der Waals surface area (Å²) in [4.78, 5) is 15.7. The lowest BCUT2D eigenvalue weighted by Gasteiger charge is -2.04. The van der Waals surface area contributed by atoms with Crippen molar-refractivity contribution in [2.45, 2.75) is 20.0 Å². The second-order valence-electron chi connectivity index (χ2n) is 3.47. The maximum absolute atomic E-state index is 11.4. The Morgan fingerprint density at radius 3 is 2.94 bits per heavy atom. The van der Waals surface area contributed by atoms with E-state index in [9.17, 15) is 4.79 Å². The Bertz CT molecular complexity index is 479. The van der Waals surface area contributed by atoms with Gasteiger partial charge in [0.05, 0.1) is 30.1 Å². The van der Waals surface area contributed by atoms with Crippen LogP contribution in [0.15, 0.2) is 28.2 Å². The topological polar surface area (TPSA) is 67.2 Å². The molecule has 90 valence electrons. The van der Waals surface area contributed by atoms with Crippen LogP contribution in [0.4, 0.5) is 4.79 Å². The van der Waals surface area contributed by atoms with Gasteiger partial charge < -0.3 is 15.1 Å². The van der Waals surface area contributed by atoms with Gasteiger partial charge in [-0.15, -0.1) is 11.3 Å². The summed E-state index contributed by atoms with van der Waals surface area (Å²) in [6.07, 6.45) is 1.58. The predicted octanol–water partition coefficient (Wildman–Crippen LogP) is 2.04. The van der Waals surface area contributed by atoms with Crippen LogP contribution in [0.25, 0.3) is 0 Å². The highest BCUT2D eigenvalue weighted by molar-refractivity contribution is 7.09. The van der Waals surface area contributed by atoms with Crippen LogP contribution in [-0.2, 0) is 13.1 Å². The first-order chi connectivity index (χ1) is 8.24. The van der Waals surface area contributed by atoms with Crippen LogP contribution in [-0.4, -0.2) is 11.0 Å². The van der Waals surface area contributed by atoms with Crippen LogP contribution >= 0.6 is 11.3 Å². The molecule has 0 fully saturated rings. The largest absolute Gasteiger partial charge is 0.467 e. The van der Waals surface area contributed by atoms with Gasteiger partial charge in [-0.3, -0.25) is 0 Å². The average Bonchev–Trinajstić information content (AvgIpc) is 2.95. The molecule has 2 rings (SSSR count). The van der Waals surface area contributed by atoms with Crippen molar-refractivity contribution < 1.29 is 9.21 Å². The number of hydrogen-bond acceptors (Lipinski definition) is 4. The monoisotopic (exact) mass is 251 g/mol. The van der Waals surface area contributed by atoms with Gasteiger partial charge in [-0.25, -0.2) is 9.78 Å². The van der Waals surface area contributed by atoms with Crippen LogP contribution < -0.4 is 10.6 Å². The lowest BCUT2D eigenvalue weighted by molar-refractivity contribution is 0.239. The zero-order valence-corrected chi connectivity index (χ0v) is 10.2. The summed E-state index contributed by atoms with van der Waals surface area (Å²) in [6, 6.07) is 3.36. The summed E-state index contributed by atoms with van der Waals surface area (Å²) in [5.74, 6) is 0.727. The number of rotatable bonds is 4. The lowest BCUT2D eigenvalue weighted by atomic mass is 10.4. The second-order valence-corrected chi connectivity index (χ2v) is 4.54. The number of urea groups is 1. The maximum Gasteiger partial charge on any atom is 0.315 e. The molecule has 0 aliphatic carbocycles. The summed E-state index contributed by atoms with van der Waals surface area (Å²) in [5, 5.41) is 8.35. The van der Waals surface area contributed by atoms with Crippen molar-refractivity contribution in [2.75, 3.05) is 0 Å². The number of amides is 2. The molecule has 0 radical (unpaired) electrons. The van der Waals surface area contributed by atoms with E-state index in [0.29, 0.717) is 13.1 Å². The van der Waals surface area contributed by atoms with Crippen molar-refractivity contribution in [2.24, 2.45) is 0 Å². The first kappa shape index (κ1) is 11.7. The second kappa shape index (κ2) is 5.49. The fraction of sp³-hybridized carbons (Fsp3) is 0.273. The van der Waals surface area contributed by atoms with Crippen molar-refractivity contribution in [1.82, 2.24) is 15.6 Å². The van der Waals surface area contributed by atoms with E-state index in [2.05, 4.69) is 15.6 Å². The minimum absolute atomic E-state index is 0.230. The molecule has 2 heterocycles. The molecule has 0 aliphatic heterocycles. The van der Waals surface area contributed by atoms with E-state index in [1.807, 2.05) is 18.4 Å². The number of carbonyl (C=O) groups excluding carboxylic acids is 1. The highest BCUT2D eigenvalue weighted by Crippen LogP contribution is 2.07. The number of nitrogens with zero attached hydrogens (tertiary/aromatic N) is 1. The van der Waals surface area contributed by atoms with Gasteiger partial charge in [-0.2, -0.15) is 0 Å². The Morgan fingerprint density at radius 2 is 2.29 bits per heavy atom. The minimum Gasteiger partial charge on any atom is -0.467 e. The van der Waals surface area contributed by atoms with Crippen LogP contribution in [0.5, 0.6) is 0 Å². The van der Waals surface area contributed by atoms with E-state index in [-0.39, 0.29) is 6.03 Å². The third-order valence-corrected chi connectivity index (χ3v) is 2.92. The highest BCUT2D eigenvalue weighted by atomic mass is 32.1. The molecule has 6 heteroatoms.